The Kier molecular flexibility index (Phi) is 6.65. The number of carbonyl (C=O) groups excluding carboxylic acids is 1. The molecular weight excluding hydrogens is 244 g/mol. The van der Waals surface area contributed by atoms with Crippen molar-refractivity contribution in [2.75, 3.05) is 22.6 Å². The summed E-state index contributed by atoms with van der Waals surface area (Å²) in [6.07, 6.45) is 1.76. The summed E-state index contributed by atoms with van der Waals surface area (Å²) in [6.45, 7) is 4.43. The van der Waals surface area contributed by atoms with Gasteiger partial charge in [-0.2, -0.15) is 11.8 Å². The molecule has 1 rings (SSSR count). The first kappa shape index (κ1) is 14.9. The van der Waals surface area contributed by atoms with Crippen LogP contribution >= 0.6 is 11.8 Å². The zero-order valence-electron chi connectivity index (χ0n) is 11.1. The number of anilines is 2. The van der Waals surface area contributed by atoms with Crippen LogP contribution in [0.2, 0.25) is 0 Å². The minimum absolute atomic E-state index is 0.0661. The second kappa shape index (κ2) is 8.03. The molecule has 0 aliphatic carbocycles. The minimum atomic E-state index is 0.0661. The molecular formula is C14H22N2OS. The number of rotatable bonds is 7. The lowest BCUT2D eigenvalue weighted by atomic mass is 10.2. The Morgan fingerprint density at radius 3 is 2.67 bits per heavy atom. The fourth-order valence-corrected chi connectivity index (χ4v) is 2.49. The van der Waals surface area contributed by atoms with E-state index in [1.807, 2.05) is 23.9 Å². The molecule has 0 aliphatic heterocycles. The average molecular weight is 266 g/mol. The van der Waals surface area contributed by atoms with Gasteiger partial charge in [-0.1, -0.05) is 20.3 Å². The van der Waals surface area contributed by atoms with Crippen molar-refractivity contribution in [3.63, 3.8) is 0 Å². The topological polar surface area (TPSA) is 55.1 Å². The van der Waals surface area contributed by atoms with E-state index in [4.69, 9.17) is 5.73 Å². The summed E-state index contributed by atoms with van der Waals surface area (Å²) in [5, 5.41) is 2.86. The van der Waals surface area contributed by atoms with Gasteiger partial charge in [0.05, 0.1) is 0 Å². The van der Waals surface area contributed by atoms with Gasteiger partial charge in [0.2, 0.25) is 5.91 Å². The number of thioether (sulfide) groups is 1. The first-order valence-corrected chi connectivity index (χ1v) is 7.50. The van der Waals surface area contributed by atoms with Crippen molar-refractivity contribution in [1.82, 2.24) is 0 Å². The molecule has 0 aliphatic rings. The molecule has 0 saturated heterocycles. The van der Waals surface area contributed by atoms with E-state index >= 15 is 0 Å². The van der Waals surface area contributed by atoms with Crippen LogP contribution in [0, 0.1) is 5.92 Å². The summed E-state index contributed by atoms with van der Waals surface area (Å²) in [5.74, 6) is 2.81. The number of amides is 1. The van der Waals surface area contributed by atoms with Crippen LogP contribution in [0.5, 0.6) is 0 Å². The maximum absolute atomic E-state index is 11.7. The highest BCUT2D eigenvalue weighted by Gasteiger charge is 2.03. The van der Waals surface area contributed by atoms with E-state index in [1.165, 1.54) is 6.42 Å². The van der Waals surface area contributed by atoms with Crippen molar-refractivity contribution in [2.45, 2.75) is 26.7 Å². The quantitative estimate of drug-likeness (QED) is 0.587. The molecule has 0 saturated carbocycles. The minimum Gasteiger partial charge on any atom is -0.399 e. The van der Waals surface area contributed by atoms with Crippen LogP contribution < -0.4 is 11.1 Å². The second-order valence-corrected chi connectivity index (χ2v) is 5.66. The molecule has 100 valence electrons. The summed E-state index contributed by atoms with van der Waals surface area (Å²) in [7, 11) is 0. The zero-order valence-corrected chi connectivity index (χ0v) is 11.9. The lowest BCUT2D eigenvalue weighted by Crippen LogP contribution is -2.12. The predicted octanol–water partition coefficient (Wildman–Crippen LogP) is 3.38. The van der Waals surface area contributed by atoms with E-state index in [1.54, 1.807) is 12.1 Å². The van der Waals surface area contributed by atoms with Gasteiger partial charge in [0.25, 0.3) is 0 Å². The average Bonchev–Trinajstić information content (AvgIpc) is 2.37. The smallest absolute Gasteiger partial charge is 0.225 e. The van der Waals surface area contributed by atoms with E-state index in [0.29, 0.717) is 12.1 Å². The third-order valence-electron chi connectivity index (χ3n) is 2.77. The number of nitrogens with two attached hydrogens (primary N) is 1. The van der Waals surface area contributed by atoms with Gasteiger partial charge >= 0.3 is 0 Å². The number of nitrogens with one attached hydrogen (secondary N) is 1. The first-order valence-electron chi connectivity index (χ1n) is 6.35. The Labute approximate surface area is 114 Å². The molecule has 1 aromatic carbocycles. The molecule has 18 heavy (non-hydrogen) atoms. The Morgan fingerprint density at radius 1 is 1.39 bits per heavy atom. The van der Waals surface area contributed by atoms with Crippen molar-refractivity contribution in [3.8, 4) is 0 Å². The molecule has 0 heterocycles. The first-order chi connectivity index (χ1) is 8.61. The third kappa shape index (κ3) is 5.96. The molecule has 4 heteroatoms. The lowest BCUT2D eigenvalue weighted by Gasteiger charge is -2.08. The Balaban J connectivity index is 2.19. The third-order valence-corrected chi connectivity index (χ3v) is 4.06. The van der Waals surface area contributed by atoms with Gasteiger partial charge in [0, 0.05) is 23.5 Å². The molecule has 0 radical (unpaired) electrons. The van der Waals surface area contributed by atoms with Crippen LogP contribution in [0.4, 0.5) is 11.4 Å². The van der Waals surface area contributed by atoms with Crippen LogP contribution in [-0.4, -0.2) is 17.4 Å². The monoisotopic (exact) mass is 266 g/mol. The fourth-order valence-electron chi connectivity index (χ4n) is 1.36. The number of hydrogen-bond acceptors (Lipinski definition) is 3. The van der Waals surface area contributed by atoms with Crippen LogP contribution in [0.25, 0.3) is 0 Å². The van der Waals surface area contributed by atoms with Gasteiger partial charge in [0.15, 0.2) is 0 Å². The second-order valence-electron chi connectivity index (χ2n) is 4.51. The lowest BCUT2D eigenvalue weighted by molar-refractivity contribution is -0.115. The Bertz CT molecular complexity index is 365. The SMILES string of the molecule is CCC(C)CSCCC(=O)Nc1ccc(N)cc1. The van der Waals surface area contributed by atoms with E-state index in [0.717, 1.165) is 23.1 Å². The highest BCUT2D eigenvalue weighted by atomic mass is 32.2. The van der Waals surface area contributed by atoms with Crippen LogP contribution in [-0.2, 0) is 4.79 Å². The maximum atomic E-state index is 11.7. The van der Waals surface area contributed by atoms with Gasteiger partial charge < -0.3 is 11.1 Å². The maximum Gasteiger partial charge on any atom is 0.225 e. The van der Waals surface area contributed by atoms with Gasteiger partial charge in [-0.25, -0.2) is 0 Å². The molecule has 1 atom stereocenters. The van der Waals surface area contributed by atoms with Gasteiger partial charge in [-0.05, 0) is 35.9 Å². The van der Waals surface area contributed by atoms with Crippen LogP contribution in [0.15, 0.2) is 24.3 Å². The molecule has 0 bridgehead atoms. The van der Waals surface area contributed by atoms with E-state index in [2.05, 4.69) is 19.2 Å². The summed E-state index contributed by atoms with van der Waals surface area (Å²) >= 11 is 1.85. The molecule has 1 unspecified atom stereocenters. The van der Waals surface area contributed by atoms with Crippen molar-refractivity contribution in [1.29, 1.82) is 0 Å². The normalized spacial score (nSPS) is 12.1. The van der Waals surface area contributed by atoms with Crippen LogP contribution in [0.3, 0.4) is 0 Å². The molecule has 0 spiro atoms. The molecule has 1 amide bonds. The van der Waals surface area contributed by atoms with E-state index in [-0.39, 0.29) is 5.91 Å². The molecule has 3 N–H and O–H groups in total. The van der Waals surface area contributed by atoms with Crippen molar-refractivity contribution >= 4 is 29.0 Å². The number of carbonyl (C=O) groups is 1. The van der Waals surface area contributed by atoms with Crippen molar-refractivity contribution in [2.24, 2.45) is 5.92 Å². The Morgan fingerprint density at radius 2 is 2.06 bits per heavy atom. The molecule has 0 fully saturated rings. The molecule has 1 aromatic rings. The number of hydrogen-bond donors (Lipinski definition) is 2. The highest BCUT2D eigenvalue weighted by Crippen LogP contribution is 2.14. The van der Waals surface area contributed by atoms with Crippen LogP contribution in [0.1, 0.15) is 26.7 Å². The van der Waals surface area contributed by atoms with E-state index in [9.17, 15) is 4.79 Å². The zero-order chi connectivity index (χ0) is 13.4. The highest BCUT2D eigenvalue weighted by molar-refractivity contribution is 7.99. The number of benzene rings is 1. The predicted molar refractivity (Wildman–Crippen MR) is 80.9 cm³/mol. The van der Waals surface area contributed by atoms with Crippen molar-refractivity contribution in [3.05, 3.63) is 24.3 Å². The largest absolute Gasteiger partial charge is 0.399 e. The van der Waals surface area contributed by atoms with Gasteiger partial charge in [-0.15, -0.1) is 0 Å². The molecule has 0 aromatic heterocycles. The van der Waals surface area contributed by atoms with E-state index < -0.39 is 0 Å². The van der Waals surface area contributed by atoms with Crippen molar-refractivity contribution < 1.29 is 4.79 Å². The Hall–Kier alpha value is -1.16. The molecule has 3 nitrogen and oxygen atoms in total. The van der Waals surface area contributed by atoms with Gasteiger partial charge in [-0.3, -0.25) is 4.79 Å². The fraction of sp³-hybridized carbons (Fsp3) is 0.500. The summed E-state index contributed by atoms with van der Waals surface area (Å²) in [6, 6.07) is 7.21. The summed E-state index contributed by atoms with van der Waals surface area (Å²) in [4.78, 5) is 11.7. The van der Waals surface area contributed by atoms with Gasteiger partial charge in [0.1, 0.15) is 0 Å². The number of nitrogen functional groups attached to an aromatic ring is 1. The standard InChI is InChI=1S/C14H22N2OS/c1-3-11(2)10-18-9-8-14(17)16-13-6-4-12(15)5-7-13/h4-7,11H,3,8-10,15H2,1-2H3,(H,16,17). The summed E-state index contributed by atoms with van der Waals surface area (Å²) in [5.41, 5.74) is 7.09. The summed E-state index contributed by atoms with van der Waals surface area (Å²) < 4.78 is 0.